The zero-order chi connectivity index (χ0) is 17.9. The van der Waals surface area contributed by atoms with E-state index < -0.39 is 11.6 Å². The van der Waals surface area contributed by atoms with Crippen molar-refractivity contribution in [1.82, 2.24) is 20.4 Å². The van der Waals surface area contributed by atoms with Gasteiger partial charge < -0.3 is 10.6 Å². The Morgan fingerprint density at radius 2 is 1.88 bits per heavy atom. The van der Waals surface area contributed by atoms with E-state index in [0.29, 0.717) is 12.0 Å². The first kappa shape index (κ1) is 17.9. The highest BCUT2D eigenvalue weighted by Gasteiger charge is 2.17. The Balaban J connectivity index is 1.87. The van der Waals surface area contributed by atoms with E-state index in [2.05, 4.69) is 15.7 Å². The topological polar surface area (TPSA) is 59.0 Å². The number of amides is 2. The highest BCUT2D eigenvalue weighted by atomic mass is 19.1. The van der Waals surface area contributed by atoms with Gasteiger partial charge in [0.05, 0.1) is 11.7 Å². The van der Waals surface area contributed by atoms with Crippen LogP contribution in [0.15, 0.2) is 18.2 Å². The van der Waals surface area contributed by atoms with E-state index in [4.69, 9.17) is 0 Å². The first-order valence-corrected chi connectivity index (χ1v) is 7.77. The zero-order valence-corrected chi connectivity index (χ0v) is 14.3. The van der Waals surface area contributed by atoms with Crippen LogP contribution in [0, 0.1) is 25.5 Å². The minimum absolute atomic E-state index is 0.190. The number of carbonyl (C=O) groups excluding carboxylic acids is 1. The number of halogens is 2. The summed E-state index contributed by atoms with van der Waals surface area (Å²) >= 11 is 0. The predicted molar refractivity (Wildman–Crippen MR) is 87.7 cm³/mol. The molecule has 2 rings (SSSR count). The van der Waals surface area contributed by atoms with E-state index in [0.717, 1.165) is 23.0 Å². The number of aryl methyl sites for hydroxylation is 2. The highest BCUT2D eigenvalue weighted by Crippen LogP contribution is 2.20. The van der Waals surface area contributed by atoms with Crippen LogP contribution in [0.2, 0.25) is 0 Å². The molecule has 1 heterocycles. The summed E-state index contributed by atoms with van der Waals surface area (Å²) in [5, 5.41) is 9.87. The van der Waals surface area contributed by atoms with Crippen molar-refractivity contribution in [2.24, 2.45) is 7.05 Å². The summed E-state index contributed by atoms with van der Waals surface area (Å²) in [4.78, 5) is 12.0. The van der Waals surface area contributed by atoms with Crippen LogP contribution in [-0.4, -0.2) is 22.4 Å². The molecule has 7 heteroatoms. The molecule has 0 aliphatic heterocycles. The van der Waals surface area contributed by atoms with Crippen LogP contribution >= 0.6 is 0 Å². The molecule has 24 heavy (non-hydrogen) atoms. The fourth-order valence-electron chi connectivity index (χ4n) is 2.81. The number of rotatable bonds is 5. The number of carbonyl (C=O) groups is 1. The largest absolute Gasteiger partial charge is 0.338 e. The Kier molecular flexibility index (Phi) is 5.54. The molecule has 1 atom stereocenters. The lowest BCUT2D eigenvalue weighted by Crippen LogP contribution is -2.38. The molecule has 130 valence electrons. The lowest BCUT2D eigenvalue weighted by atomic mass is 10.1. The Labute approximate surface area is 140 Å². The maximum Gasteiger partial charge on any atom is 0.315 e. The lowest BCUT2D eigenvalue weighted by Gasteiger charge is -2.15. The van der Waals surface area contributed by atoms with Crippen molar-refractivity contribution in [3.63, 3.8) is 0 Å². The van der Waals surface area contributed by atoms with Gasteiger partial charge in [0.2, 0.25) is 0 Å². The molecule has 0 saturated carbocycles. The maximum atomic E-state index is 13.1. The van der Waals surface area contributed by atoms with E-state index in [-0.39, 0.29) is 18.6 Å². The van der Waals surface area contributed by atoms with Crippen molar-refractivity contribution < 1.29 is 13.6 Å². The van der Waals surface area contributed by atoms with Crippen molar-refractivity contribution in [3.05, 3.63) is 52.3 Å². The number of hydrogen-bond acceptors (Lipinski definition) is 2. The van der Waals surface area contributed by atoms with Gasteiger partial charge in [-0.3, -0.25) is 4.68 Å². The second-order valence-corrected chi connectivity index (χ2v) is 5.86. The number of urea groups is 1. The molecule has 0 bridgehead atoms. The molecule has 2 aromatic rings. The fraction of sp³-hybridized carbons (Fsp3) is 0.412. The molecular weight excluding hydrogens is 314 g/mol. The molecule has 1 aromatic carbocycles. The summed E-state index contributed by atoms with van der Waals surface area (Å²) < 4.78 is 28.0. The second kappa shape index (κ2) is 7.42. The fourth-order valence-corrected chi connectivity index (χ4v) is 2.81. The Morgan fingerprint density at radius 1 is 1.25 bits per heavy atom. The molecule has 0 saturated heterocycles. The monoisotopic (exact) mass is 336 g/mol. The van der Waals surface area contributed by atoms with Crippen molar-refractivity contribution >= 4 is 6.03 Å². The molecule has 0 fully saturated rings. The number of nitrogens with one attached hydrogen (secondary N) is 2. The Bertz CT molecular complexity index is 722. The molecule has 1 aromatic heterocycles. The number of aromatic nitrogens is 2. The van der Waals surface area contributed by atoms with Gasteiger partial charge >= 0.3 is 6.03 Å². The van der Waals surface area contributed by atoms with Crippen LogP contribution in [0.3, 0.4) is 0 Å². The average molecular weight is 336 g/mol. The summed E-state index contributed by atoms with van der Waals surface area (Å²) in [6.07, 6.45) is 0.349. The molecular formula is C17H22F2N4O. The third-order valence-electron chi connectivity index (χ3n) is 3.97. The summed E-state index contributed by atoms with van der Waals surface area (Å²) in [5.74, 6) is -1.24. The van der Waals surface area contributed by atoms with E-state index in [1.807, 2.05) is 27.8 Å². The van der Waals surface area contributed by atoms with Gasteiger partial charge in [0, 0.05) is 30.9 Å². The molecule has 2 N–H and O–H groups in total. The van der Waals surface area contributed by atoms with E-state index in [9.17, 15) is 13.6 Å². The van der Waals surface area contributed by atoms with Crippen LogP contribution in [0.5, 0.6) is 0 Å². The van der Waals surface area contributed by atoms with Gasteiger partial charge in [0.1, 0.15) is 11.6 Å². The molecule has 2 amide bonds. The Hall–Kier alpha value is -2.44. The highest BCUT2D eigenvalue weighted by molar-refractivity contribution is 5.74. The van der Waals surface area contributed by atoms with Crippen molar-refractivity contribution in [1.29, 1.82) is 0 Å². The third kappa shape index (κ3) is 4.31. The van der Waals surface area contributed by atoms with Gasteiger partial charge in [0.25, 0.3) is 0 Å². The van der Waals surface area contributed by atoms with Gasteiger partial charge in [0.15, 0.2) is 0 Å². The summed E-state index contributed by atoms with van der Waals surface area (Å²) in [6.45, 7) is 6.02. The zero-order valence-electron chi connectivity index (χ0n) is 14.3. The lowest BCUT2D eigenvalue weighted by molar-refractivity contribution is 0.238. The van der Waals surface area contributed by atoms with Crippen molar-refractivity contribution in [3.8, 4) is 0 Å². The molecule has 0 spiro atoms. The standard InChI is InChI=1S/C17H22F2N4O/c1-10(16-11(2)22-23(4)12(16)3)21-17(24)20-6-5-13-7-14(18)9-15(19)8-13/h7-10H,5-6H2,1-4H3,(H2,20,21,24)/t10-/m1/s1. The SMILES string of the molecule is Cc1nn(C)c(C)c1[C@@H](C)NC(=O)NCCc1cc(F)cc(F)c1. The van der Waals surface area contributed by atoms with Crippen LogP contribution in [0.1, 0.15) is 35.5 Å². The van der Waals surface area contributed by atoms with E-state index >= 15 is 0 Å². The number of benzene rings is 1. The second-order valence-electron chi connectivity index (χ2n) is 5.86. The van der Waals surface area contributed by atoms with E-state index in [1.165, 1.54) is 12.1 Å². The van der Waals surface area contributed by atoms with Crippen molar-refractivity contribution in [2.45, 2.75) is 33.2 Å². The first-order valence-electron chi connectivity index (χ1n) is 7.77. The minimum Gasteiger partial charge on any atom is -0.338 e. The van der Waals surface area contributed by atoms with Gasteiger partial charge in [-0.1, -0.05) is 0 Å². The van der Waals surface area contributed by atoms with Crippen LogP contribution in [-0.2, 0) is 13.5 Å². The van der Waals surface area contributed by atoms with E-state index in [1.54, 1.807) is 4.68 Å². The molecule has 0 aliphatic rings. The van der Waals surface area contributed by atoms with Crippen LogP contribution in [0.25, 0.3) is 0 Å². The Morgan fingerprint density at radius 3 is 2.42 bits per heavy atom. The quantitative estimate of drug-likeness (QED) is 0.882. The predicted octanol–water partition coefficient (Wildman–Crippen LogP) is 2.92. The van der Waals surface area contributed by atoms with Gasteiger partial charge in [-0.05, 0) is 44.9 Å². The average Bonchev–Trinajstić information content (AvgIpc) is 2.70. The minimum atomic E-state index is -0.620. The molecule has 5 nitrogen and oxygen atoms in total. The number of nitrogens with zero attached hydrogens (tertiary/aromatic N) is 2. The van der Waals surface area contributed by atoms with Crippen LogP contribution in [0.4, 0.5) is 13.6 Å². The number of hydrogen-bond donors (Lipinski definition) is 2. The first-order chi connectivity index (χ1) is 11.3. The van der Waals surface area contributed by atoms with Gasteiger partial charge in [-0.15, -0.1) is 0 Å². The summed E-state index contributed by atoms with van der Waals surface area (Å²) in [7, 11) is 1.86. The molecule has 0 radical (unpaired) electrons. The smallest absolute Gasteiger partial charge is 0.315 e. The van der Waals surface area contributed by atoms with Crippen LogP contribution < -0.4 is 10.6 Å². The summed E-state index contributed by atoms with van der Waals surface area (Å²) in [5.41, 5.74) is 3.35. The maximum absolute atomic E-state index is 13.1. The van der Waals surface area contributed by atoms with Crippen molar-refractivity contribution in [2.75, 3.05) is 6.54 Å². The summed E-state index contributed by atoms with van der Waals surface area (Å²) in [6, 6.07) is 2.82. The van der Waals surface area contributed by atoms with Gasteiger partial charge in [-0.25, -0.2) is 13.6 Å². The molecule has 0 unspecified atom stereocenters. The third-order valence-corrected chi connectivity index (χ3v) is 3.97. The van der Waals surface area contributed by atoms with Gasteiger partial charge in [-0.2, -0.15) is 5.10 Å². The molecule has 0 aliphatic carbocycles. The normalized spacial score (nSPS) is 12.1.